The van der Waals surface area contributed by atoms with Crippen molar-refractivity contribution in [1.82, 2.24) is 5.32 Å². The fourth-order valence-electron chi connectivity index (χ4n) is 0.552. The van der Waals surface area contributed by atoms with Crippen molar-refractivity contribution in [3.8, 4) is 0 Å². The van der Waals surface area contributed by atoms with Crippen LogP contribution in [0.4, 0.5) is 0 Å². The number of rotatable bonds is 5. The Hall–Kier alpha value is -0.0800. The summed E-state index contributed by atoms with van der Waals surface area (Å²) in [6.07, 6.45) is 1.18. The predicted octanol–water partition coefficient (Wildman–Crippen LogP) is 1.02. The molecule has 0 aromatic carbocycles. The second-order valence-corrected chi connectivity index (χ2v) is 2.26. The van der Waals surface area contributed by atoms with E-state index in [4.69, 9.17) is 4.74 Å². The molecular weight excluding hydrogens is 114 g/mol. The molecule has 56 valence electrons. The van der Waals surface area contributed by atoms with Crippen LogP contribution in [0.3, 0.4) is 0 Å². The topological polar surface area (TPSA) is 21.3 Å². The molecule has 1 N–H and O–H groups in total. The fraction of sp³-hybridized carbons (Fsp3) is 1.00. The molecule has 0 bridgehead atoms. The minimum Gasteiger partial charge on any atom is -0.383 e. The summed E-state index contributed by atoms with van der Waals surface area (Å²) in [7, 11) is 1.72. The molecule has 1 atom stereocenters. The highest BCUT2D eigenvalue weighted by molar-refractivity contribution is 4.55. The molecule has 0 fully saturated rings. The van der Waals surface area contributed by atoms with E-state index < -0.39 is 0 Å². The van der Waals surface area contributed by atoms with Gasteiger partial charge in [0.1, 0.15) is 0 Å². The minimum atomic E-state index is 0.625. The minimum absolute atomic E-state index is 0.625. The SMILES string of the molecule is CC[C@@H](C)NCCOC. The number of hydrogen-bond donors (Lipinski definition) is 1. The van der Waals surface area contributed by atoms with E-state index in [0.29, 0.717) is 6.04 Å². The van der Waals surface area contributed by atoms with Gasteiger partial charge in [-0.15, -0.1) is 0 Å². The van der Waals surface area contributed by atoms with Crippen LogP contribution in [0.25, 0.3) is 0 Å². The summed E-state index contributed by atoms with van der Waals surface area (Å²) in [5.41, 5.74) is 0. The van der Waals surface area contributed by atoms with Gasteiger partial charge in [-0.3, -0.25) is 0 Å². The van der Waals surface area contributed by atoms with Crippen LogP contribution >= 0.6 is 0 Å². The van der Waals surface area contributed by atoms with E-state index in [1.807, 2.05) is 0 Å². The van der Waals surface area contributed by atoms with Gasteiger partial charge in [0, 0.05) is 19.7 Å². The van der Waals surface area contributed by atoms with Gasteiger partial charge in [-0.25, -0.2) is 0 Å². The van der Waals surface area contributed by atoms with Crippen molar-refractivity contribution in [2.24, 2.45) is 0 Å². The molecule has 2 heteroatoms. The fourth-order valence-corrected chi connectivity index (χ4v) is 0.552. The standard InChI is InChI=1S/C7H17NO/c1-4-7(2)8-5-6-9-3/h7-8H,4-6H2,1-3H3/t7-/m1/s1. The molecule has 0 amide bonds. The average Bonchev–Trinajstić information content (AvgIpc) is 1.89. The Morgan fingerprint density at radius 2 is 2.22 bits per heavy atom. The van der Waals surface area contributed by atoms with Crippen LogP contribution in [0.5, 0.6) is 0 Å². The summed E-state index contributed by atoms with van der Waals surface area (Å²) in [4.78, 5) is 0. The van der Waals surface area contributed by atoms with E-state index in [1.54, 1.807) is 7.11 Å². The molecular formula is C7H17NO. The average molecular weight is 131 g/mol. The highest BCUT2D eigenvalue weighted by Gasteiger charge is 1.93. The zero-order valence-corrected chi connectivity index (χ0v) is 6.61. The third kappa shape index (κ3) is 5.80. The first-order valence-electron chi connectivity index (χ1n) is 3.53. The van der Waals surface area contributed by atoms with E-state index in [1.165, 1.54) is 6.42 Å². The Labute approximate surface area is 57.6 Å². The monoisotopic (exact) mass is 131 g/mol. The van der Waals surface area contributed by atoms with Gasteiger partial charge in [-0.1, -0.05) is 6.92 Å². The zero-order valence-electron chi connectivity index (χ0n) is 6.61. The number of methoxy groups -OCH3 is 1. The summed E-state index contributed by atoms with van der Waals surface area (Å²) in [6, 6.07) is 0.625. The Kier molecular flexibility index (Phi) is 5.99. The number of nitrogens with one attached hydrogen (secondary N) is 1. The van der Waals surface area contributed by atoms with Crippen LogP contribution in [-0.4, -0.2) is 26.3 Å². The molecule has 0 unspecified atom stereocenters. The maximum Gasteiger partial charge on any atom is 0.0587 e. The first-order chi connectivity index (χ1) is 4.31. The van der Waals surface area contributed by atoms with Crippen LogP contribution in [0.2, 0.25) is 0 Å². The van der Waals surface area contributed by atoms with E-state index in [0.717, 1.165) is 13.2 Å². The summed E-state index contributed by atoms with van der Waals surface area (Å²) >= 11 is 0. The van der Waals surface area contributed by atoms with Gasteiger partial charge in [-0.2, -0.15) is 0 Å². The highest BCUT2D eigenvalue weighted by atomic mass is 16.5. The van der Waals surface area contributed by atoms with Gasteiger partial charge < -0.3 is 10.1 Å². The van der Waals surface area contributed by atoms with Crippen molar-refractivity contribution in [2.75, 3.05) is 20.3 Å². The normalized spacial score (nSPS) is 13.7. The predicted molar refractivity (Wildman–Crippen MR) is 39.6 cm³/mol. The first-order valence-corrected chi connectivity index (χ1v) is 3.53. The van der Waals surface area contributed by atoms with Gasteiger partial charge in [0.25, 0.3) is 0 Å². The molecule has 2 nitrogen and oxygen atoms in total. The molecule has 0 aliphatic heterocycles. The summed E-state index contributed by atoms with van der Waals surface area (Å²) in [6.45, 7) is 6.12. The molecule has 0 aromatic rings. The lowest BCUT2D eigenvalue weighted by Crippen LogP contribution is -2.28. The lowest BCUT2D eigenvalue weighted by molar-refractivity contribution is 0.196. The number of hydrogen-bond acceptors (Lipinski definition) is 2. The smallest absolute Gasteiger partial charge is 0.0587 e. The molecule has 0 heterocycles. The molecule has 0 saturated carbocycles. The van der Waals surface area contributed by atoms with E-state index in [2.05, 4.69) is 19.2 Å². The largest absolute Gasteiger partial charge is 0.383 e. The summed E-state index contributed by atoms with van der Waals surface area (Å²) in [5.74, 6) is 0. The van der Waals surface area contributed by atoms with Gasteiger partial charge in [0.2, 0.25) is 0 Å². The lowest BCUT2D eigenvalue weighted by atomic mass is 10.3. The van der Waals surface area contributed by atoms with Crippen molar-refractivity contribution >= 4 is 0 Å². The Morgan fingerprint density at radius 3 is 2.67 bits per heavy atom. The van der Waals surface area contributed by atoms with Crippen molar-refractivity contribution < 1.29 is 4.74 Å². The lowest BCUT2D eigenvalue weighted by Gasteiger charge is -2.09. The van der Waals surface area contributed by atoms with E-state index >= 15 is 0 Å². The summed E-state index contributed by atoms with van der Waals surface area (Å²) < 4.78 is 4.87. The quantitative estimate of drug-likeness (QED) is 0.562. The van der Waals surface area contributed by atoms with Crippen LogP contribution in [-0.2, 0) is 4.74 Å². The van der Waals surface area contributed by atoms with Crippen LogP contribution < -0.4 is 5.32 Å². The Bertz CT molecular complexity index is 56.9. The van der Waals surface area contributed by atoms with Gasteiger partial charge in [0.15, 0.2) is 0 Å². The molecule has 0 radical (unpaired) electrons. The maximum absolute atomic E-state index is 4.87. The van der Waals surface area contributed by atoms with Gasteiger partial charge >= 0.3 is 0 Å². The van der Waals surface area contributed by atoms with Crippen molar-refractivity contribution in [3.63, 3.8) is 0 Å². The molecule has 0 spiro atoms. The molecule has 0 aromatic heterocycles. The van der Waals surface area contributed by atoms with Crippen molar-refractivity contribution in [3.05, 3.63) is 0 Å². The third-order valence-corrected chi connectivity index (χ3v) is 1.41. The zero-order chi connectivity index (χ0) is 7.11. The number of ether oxygens (including phenoxy) is 1. The summed E-state index contributed by atoms with van der Waals surface area (Å²) in [5, 5.41) is 3.31. The maximum atomic E-state index is 4.87. The second kappa shape index (κ2) is 6.05. The molecule has 0 aliphatic carbocycles. The highest BCUT2D eigenvalue weighted by Crippen LogP contribution is 1.85. The molecule has 9 heavy (non-hydrogen) atoms. The van der Waals surface area contributed by atoms with Crippen LogP contribution in [0.15, 0.2) is 0 Å². The van der Waals surface area contributed by atoms with Crippen LogP contribution in [0.1, 0.15) is 20.3 Å². The van der Waals surface area contributed by atoms with Crippen molar-refractivity contribution in [1.29, 1.82) is 0 Å². The van der Waals surface area contributed by atoms with Gasteiger partial charge in [-0.05, 0) is 13.3 Å². The van der Waals surface area contributed by atoms with Gasteiger partial charge in [0.05, 0.1) is 6.61 Å². The van der Waals surface area contributed by atoms with Crippen molar-refractivity contribution in [2.45, 2.75) is 26.3 Å². The Morgan fingerprint density at radius 1 is 1.56 bits per heavy atom. The molecule has 0 rings (SSSR count). The second-order valence-electron chi connectivity index (χ2n) is 2.26. The first kappa shape index (κ1) is 8.92. The third-order valence-electron chi connectivity index (χ3n) is 1.41. The van der Waals surface area contributed by atoms with E-state index in [-0.39, 0.29) is 0 Å². The Balaban J connectivity index is 2.88. The van der Waals surface area contributed by atoms with Crippen LogP contribution in [0, 0.1) is 0 Å². The molecule has 0 saturated heterocycles. The molecule has 0 aliphatic rings. The van der Waals surface area contributed by atoms with E-state index in [9.17, 15) is 0 Å².